The van der Waals surface area contributed by atoms with Crippen LogP contribution in [-0.2, 0) is 17.8 Å². The molecule has 2 aromatic heterocycles. The van der Waals surface area contributed by atoms with Gasteiger partial charge in [-0.25, -0.2) is 4.98 Å². The van der Waals surface area contributed by atoms with Crippen LogP contribution in [0.15, 0.2) is 48.8 Å². The van der Waals surface area contributed by atoms with Gasteiger partial charge in [0.25, 0.3) is 0 Å². The van der Waals surface area contributed by atoms with E-state index in [1.807, 2.05) is 29.1 Å². The van der Waals surface area contributed by atoms with E-state index >= 15 is 0 Å². The Morgan fingerprint density at radius 1 is 1.23 bits per heavy atom. The third kappa shape index (κ3) is 3.86. The fraction of sp³-hybridized carbons (Fsp3) is 0.400. The summed E-state index contributed by atoms with van der Waals surface area (Å²) in [6, 6.07) is 12.2. The largest absolute Gasteiger partial charge is 0.494 e. The zero-order valence-electron chi connectivity index (χ0n) is 15.0. The van der Waals surface area contributed by atoms with Crippen LogP contribution < -0.4 is 4.74 Å². The molecule has 4 rings (SSSR count). The van der Waals surface area contributed by atoms with Gasteiger partial charge in [0.1, 0.15) is 11.3 Å². The predicted molar refractivity (Wildman–Crippen MR) is 100 cm³/mol. The van der Waals surface area contributed by atoms with E-state index in [2.05, 4.69) is 28.2 Å². The van der Waals surface area contributed by atoms with Crippen LogP contribution in [0, 0.1) is 0 Å². The molecule has 1 aromatic carbocycles. The van der Waals surface area contributed by atoms with Gasteiger partial charge in [-0.3, -0.25) is 9.58 Å². The number of hydrogen-bond donors (Lipinski definition) is 0. The number of nitrogens with zero attached hydrogens (tertiary/aromatic N) is 4. The van der Waals surface area contributed by atoms with E-state index in [0.29, 0.717) is 0 Å². The van der Waals surface area contributed by atoms with Crippen molar-refractivity contribution < 1.29 is 9.47 Å². The summed E-state index contributed by atoms with van der Waals surface area (Å²) in [6.45, 7) is 4.28. The number of hydrogen-bond acceptors (Lipinski definition) is 5. The number of para-hydroxylation sites is 1. The fourth-order valence-electron chi connectivity index (χ4n) is 3.48. The first kappa shape index (κ1) is 17.0. The number of aromatic nitrogens is 3. The van der Waals surface area contributed by atoms with E-state index in [-0.39, 0.29) is 6.10 Å². The van der Waals surface area contributed by atoms with Gasteiger partial charge in [0.2, 0.25) is 0 Å². The van der Waals surface area contributed by atoms with E-state index in [4.69, 9.17) is 14.5 Å². The number of rotatable bonds is 5. The quantitative estimate of drug-likeness (QED) is 0.707. The van der Waals surface area contributed by atoms with Gasteiger partial charge in [-0.15, -0.1) is 0 Å². The van der Waals surface area contributed by atoms with Crippen LogP contribution in [0.4, 0.5) is 0 Å². The lowest BCUT2D eigenvalue weighted by atomic mass is 10.2. The Kier molecular flexibility index (Phi) is 5.13. The second kappa shape index (κ2) is 7.85. The van der Waals surface area contributed by atoms with E-state index in [1.54, 1.807) is 13.3 Å². The molecule has 6 heteroatoms. The second-order valence-corrected chi connectivity index (χ2v) is 6.64. The topological polar surface area (TPSA) is 52.4 Å². The third-order valence-electron chi connectivity index (χ3n) is 4.73. The first-order valence-electron chi connectivity index (χ1n) is 9.06. The Hall–Kier alpha value is -2.44. The number of fused-ring (bicyclic) bond motifs is 1. The van der Waals surface area contributed by atoms with Gasteiger partial charge in [-0.2, -0.15) is 5.10 Å². The van der Waals surface area contributed by atoms with Gasteiger partial charge in [0.05, 0.1) is 25.5 Å². The molecule has 1 aliphatic rings. The van der Waals surface area contributed by atoms with Gasteiger partial charge in [0, 0.05) is 44.0 Å². The van der Waals surface area contributed by atoms with Crippen molar-refractivity contribution in [3.8, 4) is 5.75 Å². The molecule has 1 unspecified atom stereocenters. The Labute approximate surface area is 153 Å². The minimum absolute atomic E-state index is 0.146. The third-order valence-corrected chi connectivity index (χ3v) is 4.73. The fourth-order valence-corrected chi connectivity index (χ4v) is 3.48. The Bertz CT molecular complexity index is 850. The molecule has 3 aromatic rings. The summed E-state index contributed by atoms with van der Waals surface area (Å²) in [7, 11) is 1.69. The minimum atomic E-state index is 0.146. The Balaban J connectivity index is 1.49. The molecule has 0 spiro atoms. The summed E-state index contributed by atoms with van der Waals surface area (Å²) in [5.41, 5.74) is 1.98. The monoisotopic (exact) mass is 352 g/mol. The number of pyridine rings is 1. The van der Waals surface area contributed by atoms with Crippen LogP contribution in [0.5, 0.6) is 5.75 Å². The number of methoxy groups -OCH3 is 1. The van der Waals surface area contributed by atoms with Gasteiger partial charge in [0.15, 0.2) is 0 Å². The highest BCUT2D eigenvalue weighted by molar-refractivity contribution is 5.84. The average molecular weight is 352 g/mol. The van der Waals surface area contributed by atoms with Gasteiger partial charge in [-0.05, 0) is 24.6 Å². The maximum absolute atomic E-state index is 6.01. The zero-order chi connectivity index (χ0) is 17.8. The van der Waals surface area contributed by atoms with Crippen molar-refractivity contribution in [3.05, 3.63) is 54.5 Å². The first-order chi connectivity index (χ1) is 12.8. The molecule has 1 aliphatic heterocycles. The summed E-state index contributed by atoms with van der Waals surface area (Å²) < 4.78 is 13.4. The molecular weight excluding hydrogens is 328 g/mol. The molecule has 0 amide bonds. The molecule has 0 saturated carbocycles. The molecule has 0 bridgehead atoms. The van der Waals surface area contributed by atoms with Crippen molar-refractivity contribution in [2.45, 2.75) is 25.6 Å². The number of ether oxygens (including phenoxy) is 2. The van der Waals surface area contributed by atoms with E-state index in [1.165, 1.54) is 0 Å². The molecule has 136 valence electrons. The second-order valence-electron chi connectivity index (χ2n) is 6.64. The standard InChI is InChI=1S/C20H24N4O2/c1-25-19-6-2-5-16-7-8-17(22-20(16)19)13-23-10-4-12-26-18(14-23)15-24-11-3-9-21-24/h2-3,5-9,11,18H,4,10,12-15H2,1H3. The summed E-state index contributed by atoms with van der Waals surface area (Å²) >= 11 is 0. The van der Waals surface area contributed by atoms with Gasteiger partial charge < -0.3 is 9.47 Å². The molecule has 0 aliphatic carbocycles. The molecule has 1 saturated heterocycles. The molecular formula is C20H24N4O2. The van der Waals surface area contributed by atoms with Crippen molar-refractivity contribution in [2.24, 2.45) is 0 Å². The lowest BCUT2D eigenvalue weighted by Gasteiger charge is -2.23. The van der Waals surface area contributed by atoms with E-state index in [0.717, 1.165) is 61.6 Å². The first-order valence-corrected chi connectivity index (χ1v) is 9.06. The lowest BCUT2D eigenvalue weighted by Crippen LogP contribution is -2.34. The summed E-state index contributed by atoms with van der Waals surface area (Å²) in [4.78, 5) is 7.27. The van der Waals surface area contributed by atoms with Gasteiger partial charge >= 0.3 is 0 Å². The highest BCUT2D eigenvalue weighted by Gasteiger charge is 2.20. The highest BCUT2D eigenvalue weighted by atomic mass is 16.5. The van der Waals surface area contributed by atoms with Crippen LogP contribution >= 0.6 is 0 Å². The molecule has 1 fully saturated rings. The molecule has 0 radical (unpaired) electrons. The minimum Gasteiger partial charge on any atom is -0.494 e. The van der Waals surface area contributed by atoms with Crippen molar-refractivity contribution in [1.29, 1.82) is 0 Å². The van der Waals surface area contributed by atoms with Crippen LogP contribution in [0.2, 0.25) is 0 Å². The van der Waals surface area contributed by atoms with Crippen LogP contribution in [0.25, 0.3) is 10.9 Å². The molecule has 0 N–H and O–H groups in total. The molecule has 6 nitrogen and oxygen atoms in total. The smallest absolute Gasteiger partial charge is 0.145 e. The van der Waals surface area contributed by atoms with Crippen LogP contribution in [-0.4, -0.2) is 52.6 Å². The number of benzene rings is 1. The van der Waals surface area contributed by atoms with Crippen molar-refractivity contribution in [1.82, 2.24) is 19.7 Å². The predicted octanol–water partition coefficient (Wildman–Crippen LogP) is 2.73. The lowest BCUT2D eigenvalue weighted by molar-refractivity contribution is 0.0390. The van der Waals surface area contributed by atoms with Crippen molar-refractivity contribution in [2.75, 3.05) is 26.8 Å². The summed E-state index contributed by atoms with van der Waals surface area (Å²) in [5, 5.41) is 5.40. The molecule has 26 heavy (non-hydrogen) atoms. The zero-order valence-corrected chi connectivity index (χ0v) is 15.0. The molecule has 1 atom stereocenters. The Morgan fingerprint density at radius 3 is 3.04 bits per heavy atom. The van der Waals surface area contributed by atoms with Crippen molar-refractivity contribution in [3.63, 3.8) is 0 Å². The molecule has 3 heterocycles. The van der Waals surface area contributed by atoms with E-state index < -0.39 is 0 Å². The van der Waals surface area contributed by atoms with E-state index in [9.17, 15) is 0 Å². The SMILES string of the molecule is COc1cccc2ccc(CN3CCCOC(Cn4cccn4)C3)nc12. The average Bonchev–Trinajstić information content (AvgIpc) is 3.07. The van der Waals surface area contributed by atoms with Crippen LogP contribution in [0.3, 0.4) is 0 Å². The maximum atomic E-state index is 6.01. The normalized spacial score (nSPS) is 18.7. The Morgan fingerprint density at radius 2 is 2.19 bits per heavy atom. The van der Waals surface area contributed by atoms with Gasteiger partial charge in [-0.1, -0.05) is 18.2 Å². The van der Waals surface area contributed by atoms with Crippen LogP contribution in [0.1, 0.15) is 12.1 Å². The summed E-state index contributed by atoms with van der Waals surface area (Å²) in [5.74, 6) is 0.820. The maximum Gasteiger partial charge on any atom is 0.145 e. The van der Waals surface area contributed by atoms with Crippen molar-refractivity contribution >= 4 is 10.9 Å². The highest BCUT2D eigenvalue weighted by Crippen LogP contribution is 2.24. The summed E-state index contributed by atoms with van der Waals surface area (Å²) in [6.07, 6.45) is 4.97.